The lowest BCUT2D eigenvalue weighted by Gasteiger charge is -2.02. The Bertz CT molecular complexity index is 1120. The zero-order valence-electron chi connectivity index (χ0n) is 16.2. The van der Waals surface area contributed by atoms with E-state index in [-0.39, 0.29) is 17.4 Å². The number of halogens is 1. The van der Waals surface area contributed by atoms with Crippen molar-refractivity contribution in [2.45, 2.75) is 19.4 Å². The summed E-state index contributed by atoms with van der Waals surface area (Å²) in [5.74, 6) is 0.578. The second-order valence-corrected chi connectivity index (χ2v) is 6.70. The number of aromatic nitrogens is 4. The zero-order chi connectivity index (χ0) is 20.8. The van der Waals surface area contributed by atoms with E-state index in [1.165, 1.54) is 12.3 Å². The van der Waals surface area contributed by atoms with E-state index in [1.807, 2.05) is 18.2 Å². The highest BCUT2D eigenvalue weighted by Gasteiger charge is 2.12. The van der Waals surface area contributed by atoms with Crippen molar-refractivity contribution >= 4 is 16.9 Å². The molecule has 0 spiro atoms. The van der Waals surface area contributed by atoms with Gasteiger partial charge in [-0.15, -0.1) is 0 Å². The number of H-pyrrole nitrogens is 1. The van der Waals surface area contributed by atoms with Crippen LogP contribution in [0.1, 0.15) is 27.9 Å². The molecule has 3 aromatic heterocycles. The minimum absolute atomic E-state index is 0.241. The van der Waals surface area contributed by atoms with E-state index >= 15 is 0 Å². The van der Waals surface area contributed by atoms with Gasteiger partial charge in [-0.25, -0.2) is 14.4 Å². The molecular formula is C21H21FN6O2. The van der Waals surface area contributed by atoms with Gasteiger partial charge in [-0.05, 0) is 24.3 Å². The maximum Gasteiger partial charge on any atom is 0.273 e. The predicted octanol–water partition coefficient (Wildman–Crippen LogP) is 2.39. The van der Waals surface area contributed by atoms with Crippen molar-refractivity contribution in [3.8, 4) is 0 Å². The molecule has 3 heterocycles. The molecule has 4 rings (SSSR count). The Labute approximate surface area is 172 Å². The normalized spacial score (nSPS) is 11.1. The van der Waals surface area contributed by atoms with Crippen molar-refractivity contribution in [3.05, 3.63) is 77.8 Å². The molecule has 3 N–H and O–H groups in total. The first kappa shape index (κ1) is 19.7. The number of carbonyl (C=O) groups excluding carboxylic acids is 1. The number of rotatable bonds is 9. The van der Waals surface area contributed by atoms with Gasteiger partial charge in [-0.1, -0.05) is 12.1 Å². The molecule has 4 aromatic rings. The van der Waals surface area contributed by atoms with Crippen LogP contribution in [0.25, 0.3) is 11.0 Å². The minimum atomic E-state index is -0.327. The lowest BCUT2D eigenvalue weighted by atomic mass is 10.3. The van der Waals surface area contributed by atoms with Crippen LogP contribution in [0.15, 0.2) is 53.3 Å². The van der Waals surface area contributed by atoms with Crippen LogP contribution >= 0.6 is 0 Å². The van der Waals surface area contributed by atoms with Crippen molar-refractivity contribution in [1.29, 1.82) is 0 Å². The molecular weight excluding hydrogens is 387 g/mol. The number of nitrogens with one attached hydrogen (secondary N) is 3. The quantitative estimate of drug-likeness (QED) is 0.367. The first-order valence-electron chi connectivity index (χ1n) is 9.65. The molecule has 0 radical (unpaired) electrons. The van der Waals surface area contributed by atoms with E-state index in [0.29, 0.717) is 49.4 Å². The average Bonchev–Trinajstić information content (AvgIpc) is 3.40. The Hall–Kier alpha value is -3.59. The Kier molecular flexibility index (Phi) is 6.09. The first-order valence-corrected chi connectivity index (χ1v) is 9.65. The van der Waals surface area contributed by atoms with E-state index in [0.717, 1.165) is 11.5 Å². The summed E-state index contributed by atoms with van der Waals surface area (Å²) in [5.41, 5.74) is 2.07. The molecule has 0 aliphatic heterocycles. The van der Waals surface area contributed by atoms with Crippen molar-refractivity contribution < 1.29 is 13.6 Å². The molecule has 9 heteroatoms. The van der Waals surface area contributed by atoms with Crippen molar-refractivity contribution in [3.63, 3.8) is 0 Å². The summed E-state index contributed by atoms with van der Waals surface area (Å²) in [6, 6.07) is 10.4. The Morgan fingerprint density at radius 1 is 1.10 bits per heavy atom. The van der Waals surface area contributed by atoms with Crippen molar-refractivity contribution in [1.82, 2.24) is 30.6 Å². The first-order chi connectivity index (χ1) is 14.7. The van der Waals surface area contributed by atoms with Crippen LogP contribution in [0.3, 0.4) is 0 Å². The Balaban J connectivity index is 1.19. The Morgan fingerprint density at radius 3 is 2.83 bits per heavy atom. The van der Waals surface area contributed by atoms with E-state index in [2.05, 4.69) is 30.6 Å². The highest BCUT2D eigenvalue weighted by molar-refractivity contribution is 5.91. The van der Waals surface area contributed by atoms with Crippen molar-refractivity contribution in [2.24, 2.45) is 0 Å². The fraction of sp³-hybridized carbons (Fsp3) is 0.238. The average molecular weight is 408 g/mol. The summed E-state index contributed by atoms with van der Waals surface area (Å²) < 4.78 is 19.0. The molecule has 0 aliphatic rings. The Morgan fingerprint density at radius 2 is 2.00 bits per heavy atom. The lowest BCUT2D eigenvalue weighted by Crippen LogP contribution is -2.24. The number of amides is 1. The van der Waals surface area contributed by atoms with Gasteiger partial charge >= 0.3 is 0 Å². The summed E-state index contributed by atoms with van der Waals surface area (Å²) in [4.78, 5) is 27.9. The van der Waals surface area contributed by atoms with Gasteiger partial charge in [0.2, 0.25) is 0 Å². The maximum atomic E-state index is 13.7. The van der Waals surface area contributed by atoms with Crippen LogP contribution in [0.5, 0.6) is 0 Å². The van der Waals surface area contributed by atoms with Gasteiger partial charge in [0.15, 0.2) is 17.4 Å². The SMILES string of the molecule is O=C(NCc1ccccn1)c1coc(CCNCCc2nc3c(F)cccc3[nH]2)n1. The smallest absolute Gasteiger partial charge is 0.273 e. The largest absolute Gasteiger partial charge is 0.448 e. The summed E-state index contributed by atoms with van der Waals surface area (Å²) in [7, 11) is 0. The summed E-state index contributed by atoms with van der Waals surface area (Å²) >= 11 is 0. The monoisotopic (exact) mass is 408 g/mol. The maximum absolute atomic E-state index is 13.7. The number of nitrogens with zero attached hydrogens (tertiary/aromatic N) is 3. The summed E-state index contributed by atoms with van der Waals surface area (Å²) in [6.07, 6.45) is 4.21. The molecule has 1 aromatic carbocycles. The topological polar surface area (TPSA) is 109 Å². The van der Waals surface area contributed by atoms with E-state index in [9.17, 15) is 9.18 Å². The van der Waals surface area contributed by atoms with E-state index in [4.69, 9.17) is 4.42 Å². The van der Waals surface area contributed by atoms with Gasteiger partial charge < -0.3 is 20.0 Å². The number of fused-ring (bicyclic) bond motifs is 1. The van der Waals surface area contributed by atoms with Crippen LogP contribution in [-0.2, 0) is 19.4 Å². The predicted molar refractivity (Wildman–Crippen MR) is 108 cm³/mol. The fourth-order valence-corrected chi connectivity index (χ4v) is 2.99. The number of benzene rings is 1. The second-order valence-electron chi connectivity index (χ2n) is 6.70. The number of carbonyl (C=O) groups is 1. The van der Waals surface area contributed by atoms with E-state index in [1.54, 1.807) is 18.3 Å². The summed E-state index contributed by atoms with van der Waals surface area (Å²) in [6.45, 7) is 1.62. The molecule has 154 valence electrons. The number of pyridine rings is 1. The number of hydrogen-bond donors (Lipinski definition) is 3. The van der Waals surface area contributed by atoms with E-state index < -0.39 is 0 Å². The highest BCUT2D eigenvalue weighted by Crippen LogP contribution is 2.14. The van der Waals surface area contributed by atoms with Crippen LogP contribution < -0.4 is 10.6 Å². The zero-order valence-corrected chi connectivity index (χ0v) is 16.2. The minimum Gasteiger partial charge on any atom is -0.448 e. The fourth-order valence-electron chi connectivity index (χ4n) is 2.99. The van der Waals surface area contributed by atoms with Gasteiger partial charge in [-0.3, -0.25) is 9.78 Å². The van der Waals surface area contributed by atoms with Crippen LogP contribution in [0.4, 0.5) is 4.39 Å². The molecule has 0 bridgehead atoms. The molecule has 0 aliphatic carbocycles. The van der Waals surface area contributed by atoms with Gasteiger partial charge in [-0.2, -0.15) is 0 Å². The summed E-state index contributed by atoms with van der Waals surface area (Å²) in [5, 5.41) is 6.03. The number of hydrogen-bond acceptors (Lipinski definition) is 6. The number of aromatic amines is 1. The molecule has 8 nitrogen and oxygen atoms in total. The van der Waals surface area contributed by atoms with Crippen LogP contribution in [0.2, 0.25) is 0 Å². The van der Waals surface area contributed by atoms with Crippen molar-refractivity contribution in [2.75, 3.05) is 13.1 Å². The van der Waals surface area contributed by atoms with Gasteiger partial charge in [0.1, 0.15) is 17.6 Å². The van der Waals surface area contributed by atoms with Gasteiger partial charge in [0.05, 0.1) is 17.8 Å². The molecule has 0 saturated heterocycles. The highest BCUT2D eigenvalue weighted by atomic mass is 19.1. The number of oxazole rings is 1. The third-order valence-corrected chi connectivity index (χ3v) is 4.51. The lowest BCUT2D eigenvalue weighted by molar-refractivity contribution is 0.0945. The third-order valence-electron chi connectivity index (χ3n) is 4.51. The van der Waals surface area contributed by atoms with Crippen LogP contribution in [-0.4, -0.2) is 38.9 Å². The molecule has 1 amide bonds. The third kappa shape index (κ3) is 4.87. The molecule has 0 unspecified atom stereocenters. The van der Waals surface area contributed by atoms with Gasteiger partial charge in [0.25, 0.3) is 5.91 Å². The second kappa shape index (κ2) is 9.27. The standard InChI is InChI=1S/C21H21FN6O2/c22-15-5-3-6-16-20(15)28-18(26-16)7-10-23-11-8-19-27-17(13-30-19)21(29)25-12-14-4-1-2-9-24-14/h1-6,9,13,23H,7-8,10-12H2,(H,25,29)(H,26,28). The number of para-hydroxylation sites is 1. The molecule has 30 heavy (non-hydrogen) atoms. The number of imidazole rings is 1. The molecule has 0 saturated carbocycles. The van der Waals surface area contributed by atoms with Gasteiger partial charge in [0, 0.05) is 32.1 Å². The van der Waals surface area contributed by atoms with Crippen LogP contribution in [0, 0.1) is 5.82 Å². The molecule has 0 atom stereocenters. The molecule has 0 fully saturated rings.